The number of benzene rings is 8. The van der Waals surface area contributed by atoms with Crippen LogP contribution in [0.1, 0.15) is 25.0 Å². The fourth-order valence-corrected chi connectivity index (χ4v) is 9.42. The third-order valence-corrected chi connectivity index (χ3v) is 12.2. The molecule has 8 aromatic carbocycles. The van der Waals surface area contributed by atoms with E-state index >= 15 is 0 Å². The second-order valence-electron chi connectivity index (χ2n) is 15.8. The van der Waals surface area contributed by atoms with E-state index < -0.39 is 0 Å². The van der Waals surface area contributed by atoms with Crippen LogP contribution in [0.4, 0.5) is 0 Å². The summed E-state index contributed by atoms with van der Waals surface area (Å²) < 4.78 is 9.21. The Morgan fingerprint density at radius 2 is 1.19 bits per heavy atom. The molecule has 12 rings (SSSR count). The van der Waals surface area contributed by atoms with Crippen LogP contribution in [0.15, 0.2) is 180 Å². The second kappa shape index (κ2) is 11.8. The number of hydrogen-bond acceptors (Lipinski definition) is 3. The van der Waals surface area contributed by atoms with Crippen molar-refractivity contribution in [2.45, 2.75) is 19.3 Å². The molecule has 0 N–H and O–H groups in total. The summed E-state index contributed by atoms with van der Waals surface area (Å²) in [7, 11) is 0. The van der Waals surface area contributed by atoms with Crippen molar-refractivity contribution in [3.05, 3.63) is 187 Å². The van der Waals surface area contributed by atoms with Gasteiger partial charge in [-0.1, -0.05) is 141 Å². The number of rotatable bonds is 4. The first kappa shape index (κ1) is 32.0. The van der Waals surface area contributed by atoms with Crippen molar-refractivity contribution in [3.8, 4) is 50.6 Å². The number of para-hydroxylation sites is 2. The third-order valence-electron chi connectivity index (χ3n) is 12.2. The Labute approximate surface area is 329 Å². The Kier molecular flexibility index (Phi) is 6.65. The maximum Gasteiger partial charge on any atom is 0.160 e. The van der Waals surface area contributed by atoms with Gasteiger partial charge >= 0.3 is 0 Å². The lowest BCUT2D eigenvalue weighted by Crippen LogP contribution is -2.14. The number of nitrogens with zero attached hydrogens (tertiary/aromatic N) is 3. The van der Waals surface area contributed by atoms with E-state index in [0.717, 1.165) is 66.5 Å². The van der Waals surface area contributed by atoms with E-state index in [9.17, 15) is 0 Å². The van der Waals surface area contributed by atoms with E-state index in [2.05, 4.69) is 170 Å². The van der Waals surface area contributed by atoms with Crippen LogP contribution < -0.4 is 0 Å². The molecule has 0 aliphatic heterocycles. The molecule has 3 aromatic heterocycles. The van der Waals surface area contributed by atoms with Gasteiger partial charge in [0.05, 0.1) is 22.2 Å². The molecule has 1 aliphatic carbocycles. The Morgan fingerprint density at radius 3 is 2.05 bits per heavy atom. The van der Waals surface area contributed by atoms with Crippen LogP contribution in [0.3, 0.4) is 0 Å². The van der Waals surface area contributed by atoms with Gasteiger partial charge in [-0.3, -0.25) is 0 Å². The number of aromatic nitrogens is 3. The first-order valence-electron chi connectivity index (χ1n) is 19.6. The maximum atomic E-state index is 6.77. The smallest absolute Gasteiger partial charge is 0.160 e. The number of furan rings is 1. The third kappa shape index (κ3) is 4.68. The molecule has 0 radical (unpaired) electrons. The summed E-state index contributed by atoms with van der Waals surface area (Å²) in [6.45, 7) is 4.70. The minimum Gasteiger partial charge on any atom is -0.455 e. The minimum absolute atomic E-state index is 0.0938. The lowest BCUT2D eigenvalue weighted by molar-refractivity contribution is 0.661. The van der Waals surface area contributed by atoms with Gasteiger partial charge < -0.3 is 8.98 Å². The number of hydrogen-bond donors (Lipinski definition) is 0. The van der Waals surface area contributed by atoms with E-state index in [-0.39, 0.29) is 5.41 Å². The Bertz CT molecular complexity index is 3430. The molecule has 0 atom stereocenters. The van der Waals surface area contributed by atoms with Crippen molar-refractivity contribution in [2.24, 2.45) is 0 Å². The number of fused-ring (bicyclic) bond motifs is 10. The van der Waals surface area contributed by atoms with E-state index in [0.29, 0.717) is 5.82 Å². The summed E-state index contributed by atoms with van der Waals surface area (Å²) in [5.41, 5.74) is 16.5. The molecule has 0 unspecified atom stereocenters. The lowest BCUT2D eigenvalue weighted by atomic mass is 9.82. The maximum absolute atomic E-state index is 6.77. The van der Waals surface area contributed by atoms with Crippen molar-refractivity contribution in [2.75, 3.05) is 0 Å². The highest BCUT2D eigenvalue weighted by Crippen LogP contribution is 2.51. The first-order chi connectivity index (χ1) is 28.0. The normalized spacial score (nSPS) is 13.2. The van der Waals surface area contributed by atoms with Crippen LogP contribution in [0.2, 0.25) is 0 Å². The van der Waals surface area contributed by atoms with Crippen LogP contribution in [-0.2, 0) is 5.41 Å². The lowest BCUT2D eigenvalue weighted by Gasteiger charge is -2.21. The molecule has 0 amide bonds. The van der Waals surface area contributed by atoms with Crippen molar-refractivity contribution in [1.29, 1.82) is 0 Å². The van der Waals surface area contributed by atoms with E-state index in [1.165, 1.54) is 44.1 Å². The summed E-state index contributed by atoms with van der Waals surface area (Å²) in [6, 6.07) is 62.7. The standard InChI is InChI=1S/C53H35N3O/c1-53(2)44-22-11-9-18-37(44)40-30-41-38-19-10-12-23-47(38)56(48(41)31-45(40)53)35-25-27-49-42(29-35)39-21-13-20-36(51(39)57-49)34-24-26-46-43(28-34)50(32-14-5-3-6-15-32)55-52(54-46)33-16-7-4-8-17-33/h3-31H,1-2H3. The van der Waals surface area contributed by atoms with Gasteiger partial charge in [-0.05, 0) is 76.3 Å². The molecule has 4 heteroatoms. The molecule has 3 heterocycles. The molecule has 11 aromatic rings. The van der Waals surface area contributed by atoms with Crippen LogP contribution in [-0.4, -0.2) is 14.5 Å². The van der Waals surface area contributed by atoms with Crippen LogP contribution in [0.5, 0.6) is 0 Å². The zero-order valence-corrected chi connectivity index (χ0v) is 31.5. The summed E-state index contributed by atoms with van der Waals surface area (Å²) in [5.74, 6) is 0.714. The minimum atomic E-state index is -0.0938. The van der Waals surface area contributed by atoms with Crippen molar-refractivity contribution in [3.63, 3.8) is 0 Å². The average molecular weight is 730 g/mol. The molecular weight excluding hydrogens is 695 g/mol. The fourth-order valence-electron chi connectivity index (χ4n) is 9.42. The molecule has 268 valence electrons. The van der Waals surface area contributed by atoms with Crippen LogP contribution >= 0.6 is 0 Å². The van der Waals surface area contributed by atoms with E-state index in [1.807, 2.05) is 24.3 Å². The summed E-state index contributed by atoms with van der Waals surface area (Å²) >= 11 is 0. The van der Waals surface area contributed by atoms with Crippen LogP contribution in [0, 0.1) is 0 Å². The zero-order chi connectivity index (χ0) is 37.8. The second-order valence-corrected chi connectivity index (χ2v) is 15.8. The SMILES string of the molecule is CC1(C)c2ccccc2-c2cc3c4ccccc4n(-c4ccc5oc6c(-c7ccc8nc(-c9ccccc9)nc(-c9ccccc9)c8c7)cccc6c5c4)c3cc21. The Hall–Kier alpha value is -7.30. The topological polar surface area (TPSA) is 43.9 Å². The van der Waals surface area contributed by atoms with E-state index in [1.54, 1.807) is 0 Å². The molecule has 1 aliphatic rings. The molecule has 57 heavy (non-hydrogen) atoms. The monoisotopic (exact) mass is 729 g/mol. The molecule has 4 nitrogen and oxygen atoms in total. The van der Waals surface area contributed by atoms with Gasteiger partial charge in [0.2, 0.25) is 0 Å². The highest BCUT2D eigenvalue weighted by atomic mass is 16.3. The summed E-state index contributed by atoms with van der Waals surface area (Å²) in [4.78, 5) is 10.2. The van der Waals surface area contributed by atoms with Gasteiger partial charge in [0.1, 0.15) is 11.2 Å². The van der Waals surface area contributed by atoms with Crippen LogP contribution in [0.25, 0.3) is 105 Å². The fraction of sp³-hybridized carbons (Fsp3) is 0.0566. The predicted octanol–water partition coefficient (Wildman–Crippen LogP) is 13.9. The molecule has 0 fully saturated rings. The molecule has 0 bridgehead atoms. The predicted molar refractivity (Wildman–Crippen MR) is 235 cm³/mol. The quantitative estimate of drug-likeness (QED) is 0.181. The first-order valence-corrected chi connectivity index (χ1v) is 19.6. The molecule has 0 saturated carbocycles. The Balaban J connectivity index is 1.03. The van der Waals surface area contributed by atoms with Gasteiger partial charge in [0, 0.05) is 54.7 Å². The average Bonchev–Trinajstić information content (AvgIpc) is 3.88. The van der Waals surface area contributed by atoms with E-state index in [4.69, 9.17) is 14.4 Å². The highest BCUT2D eigenvalue weighted by Gasteiger charge is 2.36. The largest absolute Gasteiger partial charge is 0.455 e. The van der Waals surface area contributed by atoms with Gasteiger partial charge in [-0.2, -0.15) is 0 Å². The summed E-state index contributed by atoms with van der Waals surface area (Å²) in [6.07, 6.45) is 0. The Morgan fingerprint density at radius 1 is 0.456 bits per heavy atom. The molecule has 0 saturated heterocycles. The van der Waals surface area contributed by atoms with Gasteiger partial charge in [0.25, 0.3) is 0 Å². The summed E-state index contributed by atoms with van der Waals surface area (Å²) in [5, 5.41) is 5.69. The van der Waals surface area contributed by atoms with Crippen molar-refractivity contribution < 1.29 is 4.42 Å². The zero-order valence-electron chi connectivity index (χ0n) is 31.5. The molecular formula is C53H35N3O. The van der Waals surface area contributed by atoms with Crippen molar-refractivity contribution >= 4 is 54.6 Å². The van der Waals surface area contributed by atoms with Gasteiger partial charge in [-0.15, -0.1) is 0 Å². The van der Waals surface area contributed by atoms with Gasteiger partial charge in [-0.25, -0.2) is 9.97 Å². The van der Waals surface area contributed by atoms with Gasteiger partial charge in [0.15, 0.2) is 5.82 Å². The molecule has 0 spiro atoms. The highest BCUT2D eigenvalue weighted by molar-refractivity contribution is 6.14. The van der Waals surface area contributed by atoms with Crippen molar-refractivity contribution in [1.82, 2.24) is 14.5 Å².